The van der Waals surface area contributed by atoms with Gasteiger partial charge in [-0.2, -0.15) is 5.10 Å². The van der Waals surface area contributed by atoms with Gasteiger partial charge in [0.05, 0.1) is 17.6 Å². The van der Waals surface area contributed by atoms with Crippen LogP contribution in [-0.2, 0) is 13.6 Å². The number of anilines is 2. The van der Waals surface area contributed by atoms with E-state index >= 15 is 0 Å². The number of piperidine rings is 2. The Morgan fingerprint density at radius 3 is 2.50 bits per heavy atom. The summed E-state index contributed by atoms with van der Waals surface area (Å²) in [6, 6.07) is 7.64. The number of aryl methyl sites for hydroxylation is 1. The maximum Gasteiger partial charge on any atom is 0.257 e. The number of hydrogen-bond donors (Lipinski definition) is 1. The minimum absolute atomic E-state index is 0.189. The van der Waals surface area contributed by atoms with Crippen molar-refractivity contribution in [3.63, 3.8) is 0 Å². The molecule has 0 aliphatic carbocycles. The Hall–Kier alpha value is -3.89. The molecule has 42 heavy (non-hydrogen) atoms. The molecule has 218 valence electrons. The van der Waals surface area contributed by atoms with Crippen molar-refractivity contribution in [1.29, 1.82) is 0 Å². The fourth-order valence-electron chi connectivity index (χ4n) is 6.70. The van der Waals surface area contributed by atoms with E-state index in [4.69, 9.17) is 4.98 Å². The molecule has 4 aromatic heterocycles. The Morgan fingerprint density at radius 2 is 1.69 bits per heavy atom. The quantitative estimate of drug-likeness (QED) is 0.372. The van der Waals surface area contributed by atoms with Gasteiger partial charge >= 0.3 is 0 Å². The van der Waals surface area contributed by atoms with E-state index in [1.54, 1.807) is 18.5 Å². The second kappa shape index (κ2) is 11.1. The van der Waals surface area contributed by atoms with Crippen molar-refractivity contribution in [2.45, 2.75) is 38.6 Å². The van der Waals surface area contributed by atoms with Gasteiger partial charge in [0.15, 0.2) is 0 Å². The van der Waals surface area contributed by atoms with Crippen molar-refractivity contribution in [2.24, 2.45) is 12.5 Å². The molecule has 0 bridgehead atoms. The Labute approximate surface area is 246 Å². The number of pyridine rings is 3. The molecule has 1 amide bonds. The highest BCUT2D eigenvalue weighted by atomic mass is 16.1. The summed E-state index contributed by atoms with van der Waals surface area (Å²) in [6.07, 6.45) is 13.5. The molecule has 0 atom stereocenters. The number of nitrogens with one attached hydrogen (secondary N) is 1. The van der Waals surface area contributed by atoms with Crippen LogP contribution >= 0.6 is 0 Å². The molecule has 3 fully saturated rings. The fraction of sp³-hybridized carbons (Fsp3) is 0.469. The van der Waals surface area contributed by atoms with Crippen LogP contribution < -0.4 is 10.2 Å². The lowest BCUT2D eigenvalue weighted by Crippen LogP contribution is -2.60. The van der Waals surface area contributed by atoms with Crippen molar-refractivity contribution < 1.29 is 4.79 Å². The van der Waals surface area contributed by atoms with Gasteiger partial charge in [-0.05, 0) is 88.6 Å². The first kappa shape index (κ1) is 27.0. The summed E-state index contributed by atoms with van der Waals surface area (Å²) in [6.45, 7) is 7.45. The molecule has 7 rings (SSSR count). The number of aromatic nitrogens is 5. The van der Waals surface area contributed by atoms with Crippen LogP contribution in [0.5, 0.6) is 0 Å². The molecular formula is C32H39N9O. The zero-order valence-electron chi connectivity index (χ0n) is 24.6. The molecule has 1 N–H and O–H groups in total. The molecule has 3 saturated heterocycles. The fourth-order valence-corrected chi connectivity index (χ4v) is 6.70. The van der Waals surface area contributed by atoms with Crippen LogP contribution in [-0.4, -0.2) is 86.8 Å². The smallest absolute Gasteiger partial charge is 0.257 e. The Balaban J connectivity index is 1.06. The third kappa shape index (κ3) is 5.36. The van der Waals surface area contributed by atoms with Crippen molar-refractivity contribution in [3.05, 3.63) is 60.3 Å². The highest BCUT2D eigenvalue weighted by Gasteiger charge is 2.44. The largest absolute Gasteiger partial charge is 0.355 e. The second-order valence-electron chi connectivity index (χ2n) is 12.5. The minimum atomic E-state index is -0.189. The summed E-state index contributed by atoms with van der Waals surface area (Å²) in [5.41, 5.74) is 4.08. The van der Waals surface area contributed by atoms with Gasteiger partial charge in [0.2, 0.25) is 0 Å². The molecule has 0 unspecified atom stereocenters. The molecule has 10 heteroatoms. The molecule has 7 heterocycles. The van der Waals surface area contributed by atoms with E-state index in [1.165, 1.54) is 37.8 Å². The first-order valence-corrected chi connectivity index (χ1v) is 15.2. The Morgan fingerprint density at radius 1 is 0.905 bits per heavy atom. The summed E-state index contributed by atoms with van der Waals surface area (Å²) < 4.78 is 1.96. The molecule has 0 aromatic carbocycles. The first-order chi connectivity index (χ1) is 20.4. The Kier molecular flexibility index (Phi) is 7.11. The predicted octanol–water partition coefficient (Wildman–Crippen LogP) is 4.20. The molecule has 3 aliphatic heterocycles. The van der Waals surface area contributed by atoms with Gasteiger partial charge in [-0.1, -0.05) is 6.42 Å². The third-order valence-corrected chi connectivity index (χ3v) is 9.44. The zero-order valence-corrected chi connectivity index (χ0v) is 24.6. The Bertz CT molecular complexity index is 1590. The van der Waals surface area contributed by atoms with Gasteiger partial charge in [0, 0.05) is 67.2 Å². The van der Waals surface area contributed by atoms with Crippen LogP contribution in [0.4, 0.5) is 11.6 Å². The summed E-state index contributed by atoms with van der Waals surface area (Å²) >= 11 is 0. The number of carbonyl (C=O) groups excluding carboxylic acids is 1. The van der Waals surface area contributed by atoms with Crippen LogP contribution in [0.15, 0.2) is 49.1 Å². The SMILES string of the molecule is CN1CCC2(CC1)CN(c1cc(C(=O)Nc3cc4cc(-c5cnn(C)c5CN5CCCCC5)ncc4cn3)ccn1)C2. The number of likely N-dealkylation sites (tertiary alicyclic amines) is 2. The predicted molar refractivity (Wildman–Crippen MR) is 164 cm³/mol. The number of rotatable bonds is 6. The van der Waals surface area contributed by atoms with Gasteiger partial charge in [-0.3, -0.25) is 19.4 Å². The van der Waals surface area contributed by atoms with Crippen LogP contribution in [0.25, 0.3) is 22.0 Å². The van der Waals surface area contributed by atoms with Gasteiger partial charge in [-0.15, -0.1) is 0 Å². The van der Waals surface area contributed by atoms with E-state index in [1.807, 2.05) is 36.3 Å². The maximum absolute atomic E-state index is 13.3. The van der Waals surface area contributed by atoms with E-state index in [2.05, 4.69) is 48.2 Å². The molecule has 0 saturated carbocycles. The summed E-state index contributed by atoms with van der Waals surface area (Å²) in [5.74, 6) is 1.19. The normalized spacial score (nSPS) is 19.2. The average Bonchev–Trinajstić information content (AvgIpc) is 3.36. The maximum atomic E-state index is 13.3. The number of hydrogen-bond acceptors (Lipinski definition) is 8. The monoisotopic (exact) mass is 565 g/mol. The molecule has 4 aromatic rings. The van der Waals surface area contributed by atoms with Crippen molar-refractivity contribution in [3.8, 4) is 11.3 Å². The lowest BCUT2D eigenvalue weighted by molar-refractivity contribution is 0.0900. The summed E-state index contributed by atoms with van der Waals surface area (Å²) in [4.78, 5) is 34.3. The molecule has 1 spiro atoms. The standard InChI is InChI=1S/C32H39N9O/c1-38-12-7-32(8-13-38)21-41(22-32)30-16-23(6-9-33-30)31(42)37-29-15-24-14-27(34-17-25(24)18-35-29)26-19-36-39(2)28(26)20-40-10-4-3-5-11-40/h6,9,14-19H,3-5,7-8,10-13,20-22H2,1-2H3,(H,35,37,42). The van der Waals surface area contributed by atoms with Crippen molar-refractivity contribution >= 4 is 28.3 Å². The lowest BCUT2D eigenvalue weighted by atomic mass is 9.72. The topological polar surface area (TPSA) is 95.3 Å². The molecule has 10 nitrogen and oxygen atoms in total. The van der Waals surface area contributed by atoms with Gasteiger partial charge < -0.3 is 15.1 Å². The highest BCUT2D eigenvalue weighted by Crippen LogP contribution is 2.42. The van der Waals surface area contributed by atoms with E-state index in [9.17, 15) is 4.79 Å². The number of amides is 1. The van der Waals surface area contributed by atoms with Crippen LogP contribution in [0.1, 0.15) is 48.2 Å². The lowest BCUT2D eigenvalue weighted by Gasteiger charge is -2.54. The number of fused-ring (bicyclic) bond motifs is 1. The van der Waals surface area contributed by atoms with Gasteiger partial charge in [0.25, 0.3) is 5.91 Å². The van der Waals surface area contributed by atoms with E-state index in [0.717, 1.165) is 73.7 Å². The average molecular weight is 566 g/mol. The molecular weight excluding hydrogens is 526 g/mol. The van der Waals surface area contributed by atoms with Gasteiger partial charge in [0.1, 0.15) is 11.6 Å². The van der Waals surface area contributed by atoms with E-state index < -0.39 is 0 Å². The molecule has 3 aliphatic rings. The highest BCUT2D eigenvalue weighted by molar-refractivity contribution is 6.05. The van der Waals surface area contributed by atoms with Crippen LogP contribution in [0, 0.1) is 5.41 Å². The van der Waals surface area contributed by atoms with Crippen molar-refractivity contribution in [2.75, 3.05) is 56.5 Å². The van der Waals surface area contributed by atoms with Crippen LogP contribution in [0.2, 0.25) is 0 Å². The van der Waals surface area contributed by atoms with E-state index in [-0.39, 0.29) is 5.91 Å². The van der Waals surface area contributed by atoms with Crippen LogP contribution in [0.3, 0.4) is 0 Å². The summed E-state index contributed by atoms with van der Waals surface area (Å²) in [7, 11) is 4.20. The number of carbonyl (C=O) groups is 1. The summed E-state index contributed by atoms with van der Waals surface area (Å²) in [5, 5.41) is 9.45. The van der Waals surface area contributed by atoms with Gasteiger partial charge in [-0.25, -0.2) is 9.97 Å². The number of nitrogens with zero attached hydrogens (tertiary/aromatic N) is 8. The minimum Gasteiger partial charge on any atom is -0.355 e. The second-order valence-corrected chi connectivity index (χ2v) is 12.5. The zero-order chi connectivity index (χ0) is 28.7. The molecule has 0 radical (unpaired) electrons. The van der Waals surface area contributed by atoms with Crippen molar-refractivity contribution in [1.82, 2.24) is 34.5 Å². The van der Waals surface area contributed by atoms with E-state index in [0.29, 0.717) is 16.8 Å². The third-order valence-electron chi connectivity index (χ3n) is 9.44. The first-order valence-electron chi connectivity index (χ1n) is 15.2.